The van der Waals surface area contributed by atoms with E-state index in [1.807, 2.05) is 0 Å². The molecule has 0 heterocycles. The molecule has 5 heteroatoms. The van der Waals surface area contributed by atoms with Crippen LogP contribution in [0, 0.1) is 0 Å². The van der Waals surface area contributed by atoms with Crippen LogP contribution in [-0.4, -0.2) is 25.5 Å². The highest BCUT2D eigenvalue weighted by Crippen LogP contribution is 2.38. The molecule has 0 aliphatic carbocycles. The van der Waals surface area contributed by atoms with Gasteiger partial charge in [0.05, 0.1) is 13.2 Å². The summed E-state index contributed by atoms with van der Waals surface area (Å²) in [6.07, 6.45) is 23.3. The lowest BCUT2D eigenvalue weighted by molar-refractivity contribution is 0.246. The van der Waals surface area contributed by atoms with Crippen molar-refractivity contribution >= 4 is 50.7 Å². The monoisotopic (exact) mass is 790 g/mol. The average molecular weight is 791 g/mol. The Balaban J connectivity index is 0.868. The molecule has 55 heavy (non-hydrogen) atoms. The molecule has 0 N–H and O–H groups in total. The maximum absolute atomic E-state index is 6.38. The van der Waals surface area contributed by atoms with Crippen LogP contribution in [0.15, 0.2) is 152 Å². The highest BCUT2D eigenvalue weighted by molar-refractivity contribution is 7.73. The van der Waals surface area contributed by atoms with Crippen LogP contribution in [0.4, 0.5) is 0 Å². The molecule has 292 valence electrons. The molecule has 0 saturated carbocycles. The molecule has 0 atom stereocenters. The van der Waals surface area contributed by atoms with Gasteiger partial charge in [0.25, 0.3) is 0 Å². The summed E-state index contributed by atoms with van der Waals surface area (Å²) >= 11 is 0. The van der Waals surface area contributed by atoms with Gasteiger partial charge >= 0.3 is 0 Å². The molecule has 0 unspecified atom stereocenters. The van der Waals surface area contributed by atoms with Gasteiger partial charge in [-0.3, -0.25) is 0 Å². The van der Waals surface area contributed by atoms with Gasteiger partial charge in [0, 0.05) is 5.30 Å². The van der Waals surface area contributed by atoms with Crippen molar-refractivity contribution in [2.24, 2.45) is 0 Å². The number of unbranched alkanes of at least 4 members (excludes halogenated alkanes) is 14. The van der Waals surface area contributed by atoms with E-state index in [0.717, 1.165) is 26.1 Å². The predicted octanol–water partition coefficient (Wildman–Crippen LogP) is 13.2. The lowest BCUT2D eigenvalue weighted by Crippen LogP contribution is -2.13. The molecule has 0 aliphatic rings. The van der Waals surface area contributed by atoms with Crippen molar-refractivity contribution in [2.45, 2.75) is 103 Å². The van der Waals surface area contributed by atoms with Gasteiger partial charge in [-0.05, 0) is 87.2 Å². The molecule has 0 aromatic heterocycles. The fourth-order valence-electron chi connectivity index (χ4n) is 7.14. The molecule has 0 amide bonds. The Bertz CT molecular complexity index is 1440. The van der Waals surface area contributed by atoms with E-state index in [-0.39, 0.29) is 15.8 Å². The Labute approximate surface area is 338 Å². The van der Waals surface area contributed by atoms with Crippen LogP contribution in [0.5, 0.6) is 0 Å². The molecule has 0 radical (unpaired) electrons. The lowest BCUT2D eigenvalue weighted by Gasteiger charge is -2.18. The molecule has 5 rings (SSSR count). The van der Waals surface area contributed by atoms with Crippen molar-refractivity contribution in [1.29, 1.82) is 0 Å². The summed E-state index contributed by atoms with van der Waals surface area (Å²) in [4.78, 5) is 0. The smallest absolute Gasteiger partial charge is 0.205 e. The standard InChI is InChI=1S/C50H65O2P3/c1(3-7-11-30-44-53(46-32-18-13-19-33-46)47-34-20-14-21-35-47)5-9-28-42-51-55(50-40-26-17-27-41-50)52-43-29-10-6-2-4-8-12-31-45-54(48-36-22-15-23-37-48)49-38-24-16-25-39-49/h13-27,32-41H,1-12,28-31,42-45H2. The van der Waals surface area contributed by atoms with Crippen molar-refractivity contribution in [1.82, 2.24) is 0 Å². The number of benzene rings is 5. The minimum atomic E-state index is -1.00. The Morgan fingerprint density at radius 2 is 0.491 bits per heavy atom. The topological polar surface area (TPSA) is 18.5 Å². The second kappa shape index (κ2) is 27.8. The number of hydrogen-bond acceptors (Lipinski definition) is 2. The first-order valence-corrected chi connectivity index (χ1v) is 25.5. The quantitative estimate of drug-likeness (QED) is 0.0355. The molecule has 5 aromatic rings. The zero-order valence-corrected chi connectivity index (χ0v) is 35.9. The van der Waals surface area contributed by atoms with E-state index in [1.54, 1.807) is 0 Å². The second-order valence-corrected chi connectivity index (χ2v) is 20.8. The fraction of sp³-hybridized carbons (Fsp3) is 0.400. The largest absolute Gasteiger partial charge is 0.331 e. The lowest BCUT2D eigenvalue weighted by atomic mass is 10.1. The van der Waals surface area contributed by atoms with Crippen LogP contribution in [-0.2, 0) is 9.05 Å². The van der Waals surface area contributed by atoms with Crippen LogP contribution in [0.25, 0.3) is 0 Å². The van der Waals surface area contributed by atoms with Crippen LogP contribution >= 0.6 is 24.2 Å². The van der Waals surface area contributed by atoms with Crippen molar-refractivity contribution in [3.63, 3.8) is 0 Å². The highest BCUT2D eigenvalue weighted by atomic mass is 31.2. The molecular formula is C50H65O2P3. The minimum Gasteiger partial charge on any atom is -0.331 e. The molecule has 0 spiro atoms. The van der Waals surface area contributed by atoms with Gasteiger partial charge in [0.1, 0.15) is 0 Å². The summed E-state index contributed by atoms with van der Waals surface area (Å²) in [5.74, 6) is 0. The summed E-state index contributed by atoms with van der Waals surface area (Å²) in [7, 11) is -1.51. The first kappa shape index (κ1) is 43.4. The molecule has 2 nitrogen and oxygen atoms in total. The minimum absolute atomic E-state index is 0.254. The van der Waals surface area contributed by atoms with Crippen LogP contribution in [0.1, 0.15) is 103 Å². The number of hydrogen-bond donors (Lipinski definition) is 0. The Morgan fingerprint density at radius 3 is 0.782 bits per heavy atom. The molecule has 0 bridgehead atoms. The van der Waals surface area contributed by atoms with E-state index < -0.39 is 8.38 Å². The van der Waals surface area contributed by atoms with Gasteiger partial charge in [-0.15, -0.1) is 0 Å². The van der Waals surface area contributed by atoms with Crippen LogP contribution in [0.3, 0.4) is 0 Å². The second-order valence-electron chi connectivity index (χ2n) is 14.6. The predicted molar refractivity (Wildman–Crippen MR) is 247 cm³/mol. The van der Waals surface area contributed by atoms with Crippen molar-refractivity contribution < 1.29 is 9.05 Å². The van der Waals surface area contributed by atoms with E-state index >= 15 is 0 Å². The summed E-state index contributed by atoms with van der Waals surface area (Å²) in [6, 6.07) is 55.2. The van der Waals surface area contributed by atoms with E-state index in [1.165, 1.54) is 129 Å². The summed E-state index contributed by atoms with van der Waals surface area (Å²) in [5, 5.41) is 7.23. The zero-order chi connectivity index (χ0) is 37.9. The summed E-state index contributed by atoms with van der Waals surface area (Å²) < 4.78 is 12.8. The van der Waals surface area contributed by atoms with Crippen LogP contribution in [0.2, 0.25) is 0 Å². The van der Waals surface area contributed by atoms with Gasteiger partial charge in [-0.25, -0.2) is 0 Å². The third kappa shape index (κ3) is 17.1. The Morgan fingerprint density at radius 1 is 0.255 bits per heavy atom. The molecule has 0 fully saturated rings. The molecule has 0 aliphatic heterocycles. The van der Waals surface area contributed by atoms with E-state index in [4.69, 9.17) is 9.05 Å². The van der Waals surface area contributed by atoms with Crippen LogP contribution < -0.4 is 26.5 Å². The first-order valence-electron chi connectivity index (χ1n) is 21.2. The SMILES string of the molecule is c1ccc(P(OCCCCCCCCCCP(c2ccccc2)c2ccccc2)OCCCCCCCCCCP(c2ccccc2)c2ccccc2)cc1. The molecule has 0 saturated heterocycles. The van der Waals surface area contributed by atoms with Gasteiger partial charge in [0.2, 0.25) is 8.38 Å². The fourth-order valence-corrected chi connectivity index (χ4v) is 13.4. The zero-order valence-electron chi connectivity index (χ0n) is 33.2. The van der Waals surface area contributed by atoms with E-state index in [2.05, 4.69) is 152 Å². The van der Waals surface area contributed by atoms with Crippen molar-refractivity contribution in [3.8, 4) is 0 Å². The molecule has 5 aromatic carbocycles. The van der Waals surface area contributed by atoms with Gasteiger partial charge in [-0.1, -0.05) is 217 Å². The summed E-state index contributed by atoms with van der Waals surface area (Å²) in [5.41, 5.74) is 0. The Hall–Kier alpha value is -2.69. The average Bonchev–Trinajstić information content (AvgIpc) is 3.25. The Kier molecular flexibility index (Phi) is 22.0. The maximum Gasteiger partial charge on any atom is 0.205 e. The van der Waals surface area contributed by atoms with Gasteiger partial charge < -0.3 is 9.05 Å². The van der Waals surface area contributed by atoms with Crippen molar-refractivity contribution in [3.05, 3.63) is 152 Å². The van der Waals surface area contributed by atoms with Gasteiger partial charge in [0.15, 0.2) is 0 Å². The van der Waals surface area contributed by atoms with Gasteiger partial charge in [-0.2, -0.15) is 0 Å². The van der Waals surface area contributed by atoms with E-state index in [9.17, 15) is 0 Å². The third-order valence-electron chi connectivity index (χ3n) is 10.2. The first-order chi connectivity index (χ1) is 27.4. The maximum atomic E-state index is 6.38. The third-order valence-corrected chi connectivity index (χ3v) is 17.0. The van der Waals surface area contributed by atoms with E-state index in [0.29, 0.717) is 0 Å². The number of rotatable bonds is 29. The highest BCUT2D eigenvalue weighted by Gasteiger charge is 2.15. The summed E-state index contributed by atoms with van der Waals surface area (Å²) in [6.45, 7) is 1.59. The van der Waals surface area contributed by atoms with Crippen molar-refractivity contribution in [2.75, 3.05) is 25.5 Å². The molecular weight excluding hydrogens is 725 g/mol. The normalized spacial score (nSPS) is 11.5.